The zero-order valence-corrected chi connectivity index (χ0v) is 13.9. The van der Waals surface area contributed by atoms with Crippen molar-refractivity contribution in [3.8, 4) is 28.8 Å². The van der Waals surface area contributed by atoms with Gasteiger partial charge < -0.3 is 14.2 Å². The van der Waals surface area contributed by atoms with Gasteiger partial charge in [-0.3, -0.25) is 0 Å². The Morgan fingerprint density at radius 3 is 2.56 bits per heavy atom. The minimum Gasteiger partial charge on any atom is -0.497 e. The summed E-state index contributed by atoms with van der Waals surface area (Å²) < 4.78 is 16.6. The lowest BCUT2D eigenvalue weighted by Crippen LogP contribution is -2.08. The van der Waals surface area contributed by atoms with E-state index in [2.05, 4.69) is 9.97 Å². The SMILES string of the molecule is COc1ccc2c(c1)O/C(=C\c1ccccc1)c1cnc(OC)nc1-2. The van der Waals surface area contributed by atoms with E-state index in [0.29, 0.717) is 17.5 Å². The first-order valence-corrected chi connectivity index (χ1v) is 7.83. The van der Waals surface area contributed by atoms with Crippen molar-refractivity contribution in [1.82, 2.24) is 9.97 Å². The molecular formula is C20H16N2O3. The number of ether oxygens (including phenoxy) is 3. The lowest BCUT2D eigenvalue weighted by Gasteiger charge is -2.22. The number of aromatic nitrogens is 2. The van der Waals surface area contributed by atoms with Crippen molar-refractivity contribution in [2.45, 2.75) is 0 Å². The Labute approximate surface area is 145 Å². The second-order valence-electron chi connectivity index (χ2n) is 5.50. The molecule has 0 amide bonds. The highest BCUT2D eigenvalue weighted by molar-refractivity contribution is 5.90. The third-order valence-corrected chi connectivity index (χ3v) is 3.98. The molecule has 4 rings (SSSR count). The van der Waals surface area contributed by atoms with Crippen LogP contribution in [0.2, 0.25) is 0 Å². The lowest BCUT2D eigenvalue weighted by atomic mass is 10.0. The minimum atomic E-state index is 0.321. The lowest BCUT2D eigenvalue weighted by molar-refractivity contribution is 0.379. The number of methoxy groups -OCH3 is 2. The molecule has 0 saturated carbocycles. The van der Waals surface area contributed by atoms with Crippen LogP contribution in [0.1, 0.15) is 11.1 Å². The van der Waals surface area contributed by atoms with E-state index in [9.17, 15) is 0 Å². The molecule has 5 heteroatoms. The molecule has 1 aliphatic heterocycles. The van der Waals surface area contributed by atoms with E-state index >= 15 is 0 Å². The third kappa shape index (κ3) is 2.80. The molecule has 0 spiro atoms. The standard InChI is InChI=1S/C20H16N2O3/c1-23-14-8-9-15-18(11-14)25-17(10-13-6-4-3-5-7-13)16-12-21-20(24-2)22-19(15)16/h3-12H,1-2H3/b17-10-. The number of hydrogen-bond donors (Lipinski definition) is 0. The number of rotatable bonds is 3. The summed E-state index contributed by atoms with van der Waals surface area (Å²) in [6.07, 6.45) is 3.69. The largest absolute Gasteiger partial charge is 0.497 e. The van der Waals surface area contributed by atoms with Gasteiger partial charge in [-0.25, -0.2) is 4.98 Å². The molecule has 1 aliphatic rings. The molecule has 1 aromatic heterocycles. The summed E-state index contributed by atoms with van der Waals surface area (Å²) in [4.78, 5) is 8.76. The predicted molar refractivity (Wildman–Crippen MR) is 95.5 cm³/mol. The zero-order chi connectivity index (χ0) is 17.2. The first-order valence-electron chi connectivity index (χ1n) is 7.83. The van der Waals surface area contributed by atoms with E-state index in [1.165, 1.54) is 0 Å². The number of fused-ring (bicyclic) bond motifs is 3. The van der Waals surface area contributed by atoms with Crippen LogP contribution in [-0.4, -0.2) is 24.2 Å². The molecule has 0 saturated heterocycles. The highest BCUT2D eigenvalue weighted by Crippen LogP contribution is 2.43. The van der Waals surface area contributed by atoms with Gasteiger partial charge >= 0.3 is 6.01 Å². The predicted octanol–water partition coefficient (Wildman–Crippen LogP) is 4.05. The summed E-state index contributed by atoms with van der Waals surface area (Å²) in [5, 5.41) is 0. The molecule has 0 aliphatic carbocycles. The van der Waals surface area contributed by atoms with Crippen LogP contribution in [0.3, 0.4) is 0 Å². The summed E-state index contributed by atoms with van der Waals surface area (Å²) in [6, 6.07) is 16.0. The average molecular weight is 332 g/mol. The quantitative estimate of drug-likeness (QED) is 0.724. The van der Waals surface area contributed by atoms with E-state index in [1.807, 2.05) is 54.6 Å². The van der Waals surface area contributed by atoms with Crippen LogP contribution in [-0.2, 0) is 0 Å². The maximum absolute atomic E-state index is 6.14. The Balaban J connectivity index is 1.91. The highest BCUT2D eigenvalue weighted by atomic mass is 16.5. The van der Waals surface area contributed by atoms with E-state index in [1.54, 1.807) is 20.4 Å². The molecule has 0 bridgehead atoms. The number of benzene rings is 2. The van der Waals surface area contributed by atoms with Crippen LogP contribution < -0.4 is 14.2 Å². The first-order chi connectivity index (χ1) is 12.3. The van der Waals surface area contributed by atoms with E-state index in [0.717, 1.165) is 28.1 Å². The Kier molecular flexibility index (Phi) is 3.82. The molecule has 25 heavy (non-hydrogen) atoms. The van der Waals surface area contributed by atoms with Crippen molar-refractivity contribution in [3.63, 3.8) is 0 Å². The van der Waals surface area contributed by atoms with E-state index < -0.39 is 0 Å². The Hall–Kier alpha value is -3.34. The van der Waals surface area contributed by atoms with Gasteiger partial charge in [0.1, 0.15) is 17.3 Å². The van der Waals surface area contributed by atoms with Gasteiger partial charge in [-0.2, -0.15) is 4.98 Å². The van der Waals surface area contributed by atoms with Crippen molar-refractivity contribution in [3.05, 3.63) is 65.9 Å². The van der Waals surface area contributed by atoms with Crippen molar-refractivity contribution in [2.75, 3.05) is 14.2 Å². The van der Waals surface area contributed by atoms with Gasteiger partial charge in [0.25, 0.3) is 0 Å². The van der Waals surface area contributed by atoms with Crippen molar-refractivity contribution in [1.29, 1.82) is 0 Å². The van der Waals surface area contributed by atoms with Gasteiger partial charge in [0.2, 0.25) is 0 Å². The fourth-order valence-corrected chi connectivity index (χ4v) is 2.74. The minimum absolute atomic E-state index is 0.321. The first kappa shape index (κ1) is 15.2. The van der Waals surface area contributed by atoms with Crippen LogP contribution in [0.4, 0.5) is 0 Å². The van der Waals surface area contributed by atoms with Gasteiger partial charge in [-0.1, -0.05) is 30.3 Å². The summed E-state index contributed by atoms with van der Waals surface area (Å²) in [7, 11) is 3.18. The Bertz CT molecular complexity index is 952. The molecular weight excluding hydrogens is 316 g/mol. The van der Waals surface area contributed by atoms with Crippen molar-refractivity contribution < 1.29 is 14.2 Å². The molecule has 0 unspecified atom stereocenters. The van der Waals surface area contributed by atoms with Crippen LogP contribution in [0.5, 0.6) is 17.5 Å². The zero-order valence-electron chi connectivity index (χ0n) is 13.9. The molecule has 5 nitrogen and oxygen atoms in total. The van der Waals surface area contributed by atoms with Crippen LogP contribution in [0.25, 0.3) is 23.1 Å². The summed E-state index contributed by atoms with van der Waals surface area (Å²) in [6.45, 7) is 0. The van der Waals surface area contributed by atoms with Crippen molar-refractivity contribution >= 4 is 11.8 Å². The molecule has 0 fully saturated rings. The fourth-order valence-electron chi connectivity index (χ4n) is 2.74. The van der Waals surface area contributed by atoms with Crippen LogP contribution in [0, 0.1) is 0 Å². The fraction of sp³-hybridized carbons (Fsp3) is 0.100. The van der Waals surface area contributed by atoms with Gasteiger partial charge in [-0.05, 0) is 23.8 Å². The van der Waals surface area contributed by atoms with Crippen LogP contribution in [0.15, 0.2) is 54.7 Å². The summed E-state index contributed by atoms with van der Waals surface area (Å²) in [5.41, 5.74) is 3.51. The highest BCUT2D eigenvalue weighted by Gasteiger charge is 2.25. The molecule has 124 valence electrons. The average Bonchev–Trinajstić information content (AvgIpc) is 2.68. The molecule has 3 aromatic rings. The second-order valence-corrected chi connectivity index (χ2v) is 5.50. The number of hydrogen-bond acceptors (Lipinski definition) is 5. The van der Waals surface area contributed by atoms with Crippen LogP contribution >= 0.6 is 0 Å². The Morgan fingerprint density at radius 1 is 0.960 bits per heavy atom. The van der Waals surface area contributed by atoms with Gasteiger partial charge in [0, 0.05) is 17.8 Å². The summed E-state index contributed by atoms with van der Waals surface area (Å²) >= 11 is 0. The molecule has 2 heterocycles. The maximum atomic E-state index is 6.14. The second kappa shape index (κ2) is 6.28. The summed E-state index contributed by atoms with van der Waals surface area (Å²) in [5.74, 6) is 2.10. The molecule has 2 aromatic carbocycles. The number of nitrogens with zero attached hydrogens (tertiary/aromatic N) is 2. The molecule has 0 radical (unpaired) electrons. The molecule has 0 N–H and O–H groups in total. The Morgan fingerprint density at radius 2 is 1.80 bits per heavy atom. The van der Waals surface area contributed by atoms with Gasteiger partial charge in [-0.15, -0.1) is 0 Å². The van der Waals surface area contributed by atoms with Gasteiger partial charge in [0.15, 0.2) is 0 Å². The topological polar surface area (TPSA) is 53.5 Å². The monoisotopic (exact) mass is 332 g/mol. The molecule has 0 atom stereocenters. The van der Waals surface area contributed by atoms with Gasteiger partial charge in [0.05, 0.1) is 25.5 Å². The van der Waals surface area contributed by atoms with E-state index in [-0.39, 0.29) is 0 Å². The normalized spacial score (nSPS) is 13.6. The third-order valence-electron chi connectivity index (χ3n) is 3.98. The smallest absolute Gasteiger partial charge is 0.316 e. The maximum Gasteiger partial charge on any atom is 0.316 e. The van der Waals surface area contributed by atoms with E-state index in [4.69, 9.17) is 14.2 Å². The van der Waals surface area contributed by atoms with Crippen molar-refractivity contribution in [2.24, 2.45) is 0 Å².